The molecule has 1 saturated carbocycles. The van der Waals surface area contributed by atoms with E-state index in [2.05, 4.69) is 34.4 Å². The Morgan fingerprint density at radius 1 is 1.13 bits per heavy atom. The van der Waals surface area contributed by atoms with Crippen LogP contribution in [0, 0.1) is 5.92 Å². The molecule has 0 aromatic rings. The van der Waals surface area contributed by atoms with Crippen LogP contribution in [0.4, 0.5) is 0 Å². The third-order valence-corrected chi connectivity index (χ3v) is 6.40. The van der Waals surface area contributed by atoms with Gasteiger partial charge in [0.15, 0.2) is 5.96 Å². The normalized spacial score (nSPS) is 19.8. The highest BCUT2D eigenvalue weighted by atomic mass is 127. The minimum atomic E-state index is 0. The first-order valence-electron chi connectivity index (χ1n) is 11.6. The van der Waals surface area contributed by atoms with Gasteiger partial charge in [0.2, 0.25) is 5.91 Å². The minimum absolute atomic E-state index is 0. The molecule has 1 atom stereocenters. The number of rotatable bonds is 9. The standard InChI is InChI=1S/C22H43N5O2.HI/c1-5-18(6-2)20(27-12-14-29-15-13-27)16-23-22(24-17-21(28)26(3)4)25-19-10-8-7-9-11-19;/h18-20H,5-17H2,1-4H3,(H2,23,24,25);1H. The zero-order chi connectivity index (χ0) is 21.1. The molecule has 0 bridgehead atoms. The van der Waals surface area contributed by atoms with Crippen LogP contribution < -0.4 is 10.6 Å². The highest BCUT2D eigenvalue weighted by Gasteiger charge is 2.27. The Bertz CT molecular complexity index is 502. The van der Waals surface area contributed by atoms with E-state index in [0.29, 0.717) is 18.0 Å². The van der Waals surface area contributed by atoms with E-state index < -0.39 is 0 Å². The van der Waals surface area contributed by atoms with E-state index in [1.807, 2.05) is 0 Å². The van der Waals surface area contributed by atoms with Crippen molar-refractivity contribution in [2.24, 2.45) is 10.9 Å². The number of nitrogens with zero attached hydrogens (tertiary/aromatic N) is 3. The molecule has 0 spiro atoms. The first-order valence-corrected chi connectivity index (χ1v) is 11.6. The lowest BCUT2D eigenvalue weighted by Gasteiger charge is -2.39. The Balaban J connectivity index is 0.00000450. The van der Waals surface area contributed by atoms with Crippen LogP contribution in [0.5, 0.6) is 0 Å². The second-order valence-electron chi connectivity index (χ2n) is 8.61. The summed E-state index contributed by atoms with van der Waals surface area (Å²) < 4.78 is 5.57. The topological polar surface area (TPSA) is 69.2 Å². The molecule has 7 nitrogen and oxygen atoms in total. The first kappa shape index (κ1) is 27.4. The van der Waals surface area contributed by atoms with Crippen LogP contribution in [0.1, 0.15) is 58.8 Å². The number of morpholine rings is 1. The van der Waals surface area contributed by atoms with Crippen LogP contribution in [0.3, 0.4) is 0 Å². The Hall–Kier alpha value is -0.610. The summed E-state index contributed by atoms with van der Waals surface area (Å²) in [7, 11) is 3.56. The van der Waals surface area contributed by atoms with E-state index in [1.165, 1.54) is 44.9 Å². The second-order valence-corrected chi connectivity index (χ2v) is 8.61. The second kappa shape index (κ2) is 15.2. The van der Waals surface area contributed by atoms with Crippen LogP contribution in [-0.4, -0.2) is 87.2 Å². The lowest BCUT2D eigenvalue weighted by molar-refractivity contribution is -0.127. The van der Waals surface area contributed by atoms with Gasteiger partial charge in [0.25, 0.3) is 0 Å². The van der Waals surface area contributed by atoms with Gasteiger partial charge < -0.3 is 20.3 Å². The van der Waals surface area contributed by atoms with Crippen molar-refractivity contribution in [3.05, 3.63) is 0 Å². The van der Waals surface area contributed by atoms with E-state index in [1.54, 1.807) is 19.0 Å². The number of likely N-dealkylation sites (N-methyl/N-ethyl adjacent to an activating group) is 1. The number of carbonyl (C=O) groups excluding carboxylic acids is 1. The van der Waals surface area contributed by atoms with Gasteiger partial charge >= 0.3 is 0 Å². The summed E-state index contributed by atoms with van der Waals surface area (Å²) >= 11 is 0. The van der Waals surface area contributed by atoms with Gasteiger partial charge in [0.05, 0.1) is 13.2 Å². The molecule has 1 amide bonds. The van der Waals surface area contributed by atoms with Crippen molar-refractivity contribution in [1.29, 1.82) is 0 Å². The first-order chi connectivity index (χ1) is 14.0. The van der Waals surface area contributed by atoms with E-state index in [0.717, 1.165) is 38.8 Å². The molecule has 0 aromatic carbocycles. The van der Waals surface area contributed by atoms with Gasteiger partial charge in [0, 0.05) is 45.8 Å². The molecule has 1 aliphatic heterocycles. The highest BCUT2D eigenvalue weighted by Crippen LogP contribution is 2.20. The molecule has 1 heterocycles. The van der Waals surface area contributed by atoms with E-state index in [-0.39, 0.29) is 36.4 Å². The lowest BCUT2D eigenvalue weighted by atomic mass is 9.92. The number of ether oxygens (including phenoxy) is 1. The molecule has 1 saturated heterocycles. The Morgan fingerprint density at radius 2 is 1.77 bits per heavy atom. The largest absolute Gasteiger partial charge is 0.379 e. The van der Waals surface area contributed by atoms with Gasteiger partial charge in [-0.1, -0.05) is 46.0 Å². The van der Waals surface area contributed by atoms with Crippen LogP contribution >= 0.6 is 24.0 Å². The smallest absolute Gasteiger partial charge is 0.243 e. The quantitative estimate of drug-likeness (QED) is 0.269. The predicted molar refractivity (Wildman–Crippen MR) is 135 cm³/mol. The molecule has 0 radical (unpaired) electrons. The molecule has 8 heteroatoms. The van der Waals surface area contributed by atoms with Gasteiger partial charge in [-0.2, -0.15) is 0 Å². The number of amides is 1. The minimum Gasteiger partial charge on any atom is -0.379 e. The summed E-state index contributed by atoms with van der Waals surface area (Å²) in [6, 6.07) is 0.913. The summed E-state index contributed by atoms with van der Waals surface area (Å²) in [5.41, 5.74) is 0. The number of halogens is 1. The average molecular weight is 538 g/mol. The van der Waals surface area contributed by atoms with Crippen LogP contribution in [0.15, 0.2) is 4.99 Å². The van der Waals surface area contributed by atoms with Crippen LogP contribution in [0.2, 0.25) is 0 Å². The monoisotopic (exact) mass is 537 g/mol. The Morgan fingerprint density at radius 3 is 2.33 bits per heavy atom. The van der Waals surface area contributed by atoms with Gasteiger partial charge in [-0.3, -0.25) is 9.69 Å². The molecule has 30 heavy (non-hydrogen) atoms. The maximum absolute atomic E-state index is 12.1. The number of aliphatic imine (C=N–C) groups is 1. The van der Waals surface area contributed by atoms with E-state index in [9.17, 15) is 4.79 Å². The Labute approximate surface area is 200 Å². The zero-order valence-electron chi connectivity index (χ0n) is 19.5. The fourth-order valence-electron chi connectivity index (χ4n) is 4.42. The van der Waals surface area contributed by atoms with Crippen molar-refractivity contribution in [3.63, 3.8) is 0 Å². The number of hydrogen-bond acceptors (Lipinski definition) is 4. The fourth-order valence-corrected chi connectivity index (χ4v) is 4.42. The zero-order valence-corrected chi connectivity index (χ0v) is 21.8. The maximum atomic E-state index is 12.1. The summed E-state index contributed by atoms with van der Waals surface area (Å²) in [4.78, 5) is 20.9. The molecule has 2 fully saturated rings. The summed E-state index contributed by atoms with van der Waals surface area (Å²) in [6.45, 7) is 9.21. The molecule has 176 valence electrons. The van der Waals surface area contributed by atoms with Crippen molar-refractivity contribution in [2.45, 2.75) is 70.9 Å². The molecular formula is C22H44IN5O2. The highest BCUT2D eigenvalue weighted by molar-refractivity contribution is 14.0. The summed E-state index contributed by atoms with van der Waals surface area (Å²) in [6.07, 6.45) is 8.57. The van der Waals surface area contributed by atoms with Gasteiger partial charge in [-0.15, -0.1) is 24.0 Å². The number of nitrogens with one attached hydrogen (secondary N) is 2. The number of guanidine groups is 1. The van der Waals surface area contributed by atoms with Crippen LogP contribution in [-0.2, 0) is 9.53 Å². The summed E-state index contributed by atoms with van der Waals surface area (Å²) in [5, 5.41) is 7.20. The third-order valence-electron chi connectivity index (χ3n) is 6.40. The van der Waals surface area contributed by atoms with E-state index in [4.69, 9.17) is 4.74 Å². The van der Waals surface area contributed by atoms with Gasteiger partial charge in [0.1, 0.15) is 6.54 Å². The molecule has 1 aliphatic carbocycles. The molecule has 2 rings (SSSR count). The van der Waals surface area contributed by atoms with Crippen LogP contribution in [0.25, 0.3) is 0 Å². The van der Waals surface area contributed by atoms with Crippen molar-refractivity contribution < 1.29 is 9.53 Å². The number of hydrogen-bond donors (Lipinski definition) is 2. The van der Waals surface area contributed by atoms with Gasteiger partial charge in [-0.05, 0) is 18.8 Å². The molecular weight excluding hydrogens is 493 g/mol. The average Bonchev–Trinajstić information content (AvgIpc) is 2.75. The molecule has 2 N–H and O–H groups in total. The van der Waals surface area contributed by atoms with Crippen molar-refractivity contribution >= 4 is 35.8 Å². The fraction of sp³-hybridized carbons (Fsp3) is 0.909. The van der Waals surface area contributed by atoms with E-state index >= 15 is 0 Å². The Kier molecular flexibility index (Phi) is 13.9. The van der Waals surface area contributed by atoms with Crippen molar-refractivity contribution in [3.8, 4) is 0 Å². The van der Waals surface area contributed by atoms with Crippen molar-refractivity contribution in [2.75, 3.05) is 53.5 Å². The van der Waals surface area contributed by atoms with Crippen molar-refractivity contribution in [1.82, 2.24) is 20.4 Å². The predicted octanol–water partition coefficient (Wildman–Crippen LogP) is 2.70. The maximum Gasteiger partial charge on any atom is 0.243 e. The van der Waals surface area contributed by atoms with Gasteiger partial charge in [-0.25, -0.2) is 4.99 Å². The molecule has 1 unspecified atom stereocenters. The molecule has 0 aromatic heterocycles. The number of carbonyl (C=O) groups is 1. The third kappa shape index (κ3) is 9.26. The lowest BCUT2D eigenvalue weighted by Crippen LogP contribution is -2.54. The summed E-state index contributed by atoms with van der Waals surface area (Å²) in [5.74, 6) is 1.45. The molecule has 2 aliphatic rings. The SMILES string of the molecule is CCC(CC)C(CNC(=NCC(=O)N(C)C)NC1CCCCC1)N1CCOCC1.I.